The van der Waals surface area contributed by atoms with Gasteiger partial charge in [0, 0.05) is 24.3 Å². The number of aromatic nitrogens is 2. The first kappa shape index (κ1) is 15.6. The van der Waals surface area contributed by atoms with Crippen molar-refractivity contribution in [2.45, 2.75) is 20.3 Å². The van der Waals surface area contributed by atoms with E-state index in [1.807, 2.05) is 30.3 Å². The molecule has 5 heteroatoms. The summed E-state index contributed by atoms with van der Waals surface area (Å²) in [4.78, 5) is 8.66. The highest BCUT2D eigenvalue weighted by Gasteiger charge is 2.00. The molecule has 0 radical (unpaired) electrons. The van der Waals surface area contributed by atoms with E-state index in [2.05, 4.69) is 34.4 Å². The Kier molecular flexibility index (Phi) is 5.81. The van der Waals surface area contributed by atoms with Gasteiger partial charge in [0.15, 0.2) is 0 Å². The molecular weight excluding hydrogens is 284 g/mol. The fourth-order valence-electron chi connectivity index (χ4n) is 1.82. The standard InChI is InChI=1S/C16H21ClN4/c1-12(2)11-20-15-8-10-19-16(21-15)18-9-7-13-3-5-14(17)6-4-13/h3-6,8,10,12H,7,9,11H2,1-2H3,(H2,18,19,20,21). The minimum Gasteiger partial charge on any atom is -0.370 e. The summed E-state index contributed by atoms with van der Waals surface area (Å²) in [7, 11) is 0. The Morgan fingerprint density at radius 1 is 1.10 bits per heavy atom. The van der Waals surface area contributed by atoms with E-state index in [-0.39, 0.29) is 0 Å². The number of halogens is 1. The molecule has 2 N–H and O–H groups in total. The summed E-state index contributed by atoms with van der Waals surface area (Å²) < 4.78 is 0. The topological polar surface area (TPSA) is 49.8 Å². The van der Waals surface area contributed by atoms with Crippen molar-refractivity contribution >= 4 is 23.4 Å². The van der Waals surface area contributed by atoms with Gasteiger partial charge in [-0.1, -0.05) is 37.6 Å². The summed E-state index contributed by atoms with van der Waals surface area (Å²) in [6, 6.07) is 9.76. The molecule has 0 spiro atoms. The minimum atomic E-state index is 0.585. The van der Waals surface area contributed by atoms with Crippen molar-refractivity contribution in [2.75, 3.05) is 23.7 Å². The largest absolute Gasteiger partial charge is 0.370 e. The maximum atomic E-state index is 5.87. The van der Waals surface area contributed by atoms with Crippen molar-refractivity contribution in [3.8, 4) is 0 Å². The Morgan fingerprint density at radius 2 is 1.86 bits per heavy atom. The van der Waals surface area contributed by atoms with Crippen LogP contribution in [0.1, 0.15) is 19.4 Å². The molecule has 0 fully saturated rings. The summed E-state index contributed by atoms with van der Waals surface area (Å²) >= 11 is 5.87. The van der Waals surface area contributed by atoms with Crippen LogP contribution in [0.25, 0.3) is 0 Å². The van der Waals surface area contributed by atoms with Crippen LogP contribution in [0, 0.1) is 5.92 Å². The molecule has 4 nitrogen and oxygen atoms in total. The maximum absolute atomic E-state index is 5.87. The van der Waals surface area contributed by atoms with E-state index in [0.29, 0.717) is 11.9 Å². The fraction of sp³-hybridized carbons (Fsp3) is 0.375. The second-order valence-electron chi connectivity index (χ2n) is 5.34. The quantitative estimate of drug-likeness (QED) is 0.815. The van der Waals surface area contributed by atoms with Gasteiger partial charge in [-0.2, -0.15) is 4.98 Å². The lowest BCUT2D eigenvalue weighted by Gasteiger charge is -2.10. The maximum Gasteiger partial charge on any atom is 0.224 e. The van der Waals surface area contributed by atoms with Crippen molar-refractivity contribution in [1.82, 2.24) is 9.97 Å². The third-order valence-electron chi connectivity index (χ3n) is 2.96. The molecule has 0 aliphatic carbocycles. The molecule has 0 amide bonds. The fourth-order valence-corrected chi connectivity index (χ4v) is 1.95. The number of nitrogens with one attached hydrogen (secondary N) is 2. The van der Waals surface area contributed by atoms with Crippen molar-refractivity contribution in [1.29, 1.82) is 0 Å². The van der Waals surface area contributed by atoms with Gasteiger partial charge in [-0.15, -0.1) is 0 Å². The van der Waals surface area contributed by atoms with Crippen LogP contribution >= 0.6 is 11.6 Å². The number of nitrogens with zero attached hydrogens (tertiary/aromatic N) is 2. The van der Waals surface area contributed by atoms with Crippen molar-refractivity contribution in [2.24, 2.45) is 5.92 Å². The second-order valence-corrected chi connectivity index (χ2v) is 5.78. The zero-order valence-electron chi connectivity index (χ0n) is 12.4. The minimum absolute atomic E-state index is 0.585. The molecule has 0 atom stereocenters. The molecule has 112 valence electrons. The first-order valence-corrected chi connectivity index (χ1v) is 7.56. The molecule has 2 rings (SSSR count). The van der Waals surface area contributed by atoms with Gasteiger partial charge in [-0.3, -0.25) is 0 Å². The van der Waals surface area contributed by atoms with Gasteiger partial charge >= 0.3 is 0 Å². The van der Waals surface area contributed by atoms with Crippen LogP contribution in [-0.4, -0.2) is 23.1 Å². The molecule has 1 heterocycles. The van der Waals surface area contributed by atoms with E-state index >= 15 is 0 Å². The van der Waals surface area contributed by atoms with Crippen LogP contribution in [0.4, 0.5) is 11.8 Å². The molecule has 0 bridgehead atoms. The van der Waals surface area contributed by atoms with Gasteiger partial charge in [0.2, 0.25) is 5.95 Å². The van der Waals surface area contributed by atoms with E-state index in [4.69, 9.17) is 11.6 Å². The van der Waals surface area contributed by atoms with E-state index in [1.54, 1.807) is 6.20 Å². The molecule has 1 aromatic carbocycles. The zero-order chi connectivity index (χ0) is 15.1. The van der Waals surface area contributed by atoms with Crippen LogP contribution in [0.5, 0.6) is 0 Å². The summed E-state index contributed by atoms with van der Waals surface area (Å²) in [6.07, 6.45) is 2.67. The smallest absolute Gasteiger partial charge is 0.224 e. The second kappa shape index (κ2) is 7.84. The predicted octanol–water partition coefficient (Wildman–Crippen LogP) is 3.85. The van der Waals surface area contributed by atoms with Crippen LogP contribution in [0.3, 0.4) is 0 Å². The highest BCUT2D eigenvalue weighted by Crippen LogP contribution is 2.10. The van der Waals surface area contributed by atoms with Gasteiger partial charge in [-0.25, -0.2) is 4.98 Å². The lowest BCUT2D eigenvalue weighted by molar-refractivity contribution is 0.687. The first-order valence-electron chi connectivity index (χ1n) is 7.18. The Labute approximate surface area is 131 Å². The normalized spacial score (nSPS) is 10.7. The van der Waals surface area contributed by atoms with Crippen LogP contribution in [0.15, 0.2) is 36.5 Å². The third-order valence-corrected chi connectivity index (χ3v) is 3.21. The van der Waals surface area contributed by atoms with Gasteiger partial charge in [0.25, 0.3) is 0 Å². The average Bonchev–Trinajstić information content (AvgIpc) is 2.48. The number of hydrogen-bond acceptors (Lipinski definition) is 4. The van der Waals surface area contributed by atoms with E-state index < -0.39 is 0 Å². The van der Waals surface area contributed by atoms with Gasteiger partial charge in [0.1, 0.15) is 5.82 Å². The van der Waals surface area contributed by atoms with Crippen molar-refractivity contribution < 1.29 is 0 Å². The summed E-state index contributed by atoms with van der Waals surface area (Å²) in [5.74, 6) is 2.09. The Hall–Kier alpha value is -1.81. The monoisotopic (exact) mass is 304 g/mol. The molecule has 2 aromatic rings. The SMILES string of the molecule is CC(C)CNc1ccnc(NCCc2ccc(Cl)cc2)n1. The highest BCUT2D eigenvalue weighted by molar-refractivity contribution is 6.30. The van der Waals surface area contributed by atoms with Gasteiger partial charge < -0.3 is 10.6 Å². The molecular formula is C16H21ClN4. The molecule has 0 saturated heterocycles. The van der Waals surface area contributed by atoms with Crippen LogP contribution < -0.4 is 10.6 Å². The van der Waals surface area contributed by atoms with Crippen molar-refractivity contribution in [3.05, 3.63) is 47.1 Å². The Bertz CT molecular complexity index is 554. The first-order chi connectivity index (χ1) is 10.1. The highest BCUT2D eigenvalue weighted by atomic mass is 35.5. The molecule has 1 aromatic heterocycles. The molecule has 0 aliphatic rings. The Morgan fingerprint density at radius 3 is 2.57 bits per heavy atom. The molecule has 21 heavy (non-hydrogen) atoms. The van der Waals surface area contributed by atoms with Crippen LogP contribution in [-0.2, 0) is 6.42 Å². The summed E-state index contributed by atoms with van der Waals surface area (Å²) in [5.41, 5.74) is 1.24. The zero-order valence-corrected chi connectivity index (χ0v) is 13.2. The summed E-state index contributed by atoms with van der Waals surface area (Å²) in [6.45, 7) is 6.02. The van der Waals surface area contributed by atoms with Crippen molar-refractivity contribution in [3.63, 3.8) is 0 Å². The van der Waals surface area contributed by atoms with E-state index in [1.165, 1.54) is 5.56 Å². The number of benzene rings is 1. The third kappa shape index (κ3) is 5.60. The number of hydrogen-bond donors (Lipinski definition) is 2. The van der Waals surface area contributed by atoms with E-state index in [9.17, 15) is 0 Å². The number of rotatable bonds is 7. The molecule has 0 saturated carbocycles. The summed E-state index contributed by atoms with van der Waals surface area (Å²) in [5, 5.41) is 7.30. The molecule has 0 aliphatic heterocycles. The lowest BCUT2D eigenvalue weighted by Crippen LogP contribution is -2.12. The van der Waals surface area contributed by atoms with Gasteiger partial charge in [-0.05, 0) is 36.1 Å². The average molecular weight is 305 g/mol. The van der Waals surface area contributed by atoms with Crippen LogP contribution in [0.2, 0.25) is 5.02 Å². The lowest BCUT2D eigenvalue weighted by atomic mass is 10.1. The molecule has 0 unspecified atom stereocenters. The predicted molar refractivity (Wildman–Crippen MR) is 89.0 cm³/mol. The van der Waals surface area contributed by atoms with Gasteiger partial charge in [0.05, 0.1) is 0 Å². The number of anilines is 2. The Balaban J connectivity index is 1.82. The van der Waals surface area contributed by atoms with E-state index in [0.717, 1.165) is 30.4 Å².